The summed E-state index contributed by atoms with van der Waals surface area (Å²) in [6.45, 7) is 5.24. The molecule has 9 unspecified atom stereocenters. The summed E-state index contributed by atoms with van der Waals surface area (Å²) in [5.41, 5.74) is 6.01. The Morgan fingerprint density at radius 3 is 2.36 bits per heavy atom. The van der Waals surface area contributed by atoms with Gasteiger partial charge in [-0.2, -0.15) is 0 Å². The van der Waals surface area contributed by atoms with Crippen LogP contribution < -0.4 is 5.73 Å². The molecule has 0 aromatic rings. The number of hydrogen-bond donors (Lipinski definition) is 6. The van der Waals surface area contributed by atoms with Crippen LogP contribution >= 0.6 is 0 Å². The van der Waals surface area contributed by atoms with Crippen LogP contribution in [0.2, 0.25) is 0 Å². The Morgan fingerprint density at radius 2 is 1.60 bits per heavy atom. The predicted molar refractivity (Wildman–Crippen MR) is 163 cm³/mol. The summed E-state index contributed by atoms with van der Waals surface area (Å²) in [5.74, 6) is -2.70. The second-order valence-electron chi connectivity index (χ2n) is 12.6. The molecule has 0 spiro atoms. The number of ether oxygens (including phenoxy) is 5. The zero-order chi connectivity index (χ0) is 32.7. The molecular weight excluding hydrogens is 586 g/mol. The van der Waals surface area contributed by atoms with E-state index in [0.29, 0.717) is 6.42 Å². The van der Waals surface area contributed by atoms with Crippen molar-refractivity contribution in [3.8, 4) is 0 Å². The summed E-state index contributed by atoms with van der Waals surface area (Å²) in [4.78, 5) is 12.2. The summed E-state index contributed by atoms with van der Waals surface area (Å²) < 4.78 is 29.0. The Bertz CT molecular complexity index is 1120. The van der Waals surface area contributed by atoms with Crippen LogP contribution in [0.4, 0.5) is 0 Å². The predicted octanol–water partition coefficient (Wildman–Crippen LogP) is 1.06. The Hall–Kier alpha value is -2.23. The van der Waals surface area contributed by atoms with Crippen LogP contribution in [-0.4, -0.2) is 111 Å². The average molecular weight is 636 g/mol. The Morgan fingerprint density at radius 1 is 0.889 bits per heavy atom. The van der Waals surface area contributed by atoms with Crippen LogP contribution in [0.25, 0.3) is 0 Å². The van der Waals surface area contributed by atoms with Crippen molar-refractivity contribution in [3.05, 3.63) is 60.8 Å². The molecule has 4 rings (SSSR count). The third-order valence-corrected chi connectivity index (χ3v) is 8.67. The number of hydrogen-bond acceptors (Lipinski definition) is 12. The summed E-state index contributed by atoms with van der Waals surface area (Å²) in [6.07, 6.45) is 9.53. The van der Waals surface area contributed by atoms with Gasteiger partial charge in [0.2, 0.25) is 0 Å². The van der Waals surface area contributed by atoms with Crippen molar-refractivity contribution in [2.45, 2.75) is 132 Å². The minimum Gasteiger partial charge on any atom is -0.459 e. The van der Waals surface area contributed by atoms with Gasteiger partial charge in [-0.15, -0.1) is 0 Å². The molecule has 0 aromatic heterocycles. The molecule has 12 nitrogen and oxygen atoms in total. The molecule has 0 aromatic carbocycles. The van der Waals surface area contributed by atoms with Crippen LogP contribution in [0.3, 0.4) is 0 Å². The normalized spacial score (nSPS) is 48.9. The fraction of sp³-hybridized carbons (Fsp3) is 0.667. The van der Waals surface area contributed by atoms with Gasteiger partial charge in [0.1, 0.15) is 18.3 Å². The van der Waals surface area contributed by atoms with Gasteiger partial charge in [-0.05, 0) is 19.9 Å². The molecule has 4 aliphatic rings. The minimum absolute atomic E-state index is 0.0970. The lowest BCUT2D eigenvalue weighted by molar-refractivity contribution is -0.308. The van der Waals surface area contributed by atoms with E-state index in [1.165, 1.54) is 6.08 Å². The van der Waals surface area contributed by atoms with E-state index in [-0.39, 0.29) is 44.0 Å². The molecule has 3 fully saturated rings. The SMILES string of the molecule is CC1C/C=C/C=C\C=C\C=C\C(O[C@@H]2O[C@H](C)[C@@H](O)[C@H](N)[C@@H]2O)CC2OC(O)(CC(O)CC3OC3/C=C/C(=O)O1)CC(O)C2C. The number of fused-ring (bicyclic) bond motifs is 3. The van der Waals surface area contributed by atoms with Gasteiger partial charge in [-0.1, -0.05) is 55.5 Å². The number of esters is 1. The zero-order valence-corrected chi connectivity index (χ0v) is 26.1. The largest absolute Gasteiger partial charge is 0.459 e. The number of rotatable bonds is 2. The standard InChI is InChI=1S/C33H49NO11/c1-19-11-9-7-5-4-6-8-10-12-23(43-32-31(39)29(34)30(38)21(3)42-32)16-26-20(2)24(36)18-33(40,45-26)17-22(35)15-27-25(44-27)13-14-28(37)41-19/h4-10,12-14,19-27,29-32,35-36,38-40H,11,15-18,34H2,1-3H3/b5-4-,8-6+,9-7+,12-10+,14-13+/t19?,20?,21-,22?,23?,24?,25?,26?,27?,29+,30-,31+,32+,33?/m1/s1. The molecule has 4 aliphatic heterocycles. The lowest BCUT2D eigenvalue weighted by Crippen LogP contribution is -2.61. The monoisotopic (exact) mass is 635 g/mol. The molecule has 4 heterocycles. The average Bonchev–Trinajstić information content (AvgIpc) is 3.71. The second-order valence-corrected chi connectivity index (χ2v) is 12.6. The lowest BCUT2D eigenvalue weighted by atomic mass is 9.84. The van der Waals surface area contributed by atoms with E-state index >= 15 is 0 Å². The van der Waals surface area contributed by atoms with Crippen molar-refractivity contribution in [2.24, 2.45) is 11.7 Å². The van der Waals surface area contributed by atoms with E-state index < -0.39 is 72.7 Å². The first kappa shape index (κ1) is 35.6. The van der Waals surface area contributed by atoms with Crippen molar-refractivity contribution >= 4 is 5.97 Å². The summed E-state index contributed by atoms with van der Waals surface area (Å²) in [5, 5.41) is 54.0. The molecule has 0 saturated carbocycles. The molecule has 7 N–H and O–H groups in total. The molecule has 12 heteroatoms. The number of aliphatic hydroxyl groups is 5. The third-order valence-electron chi connectivity index (χ3n) is 8.67. The van der Waals surface area contributed by atoms with Crippen molar-refractivity contribution in [1.82, 2.24) is 0 Å². The van der Waals surface area contributed by atoms with Gasteiger partial charge in [0.15, 0.2) is 12.1 Å². The molecule has 0 aliphatic carbocycles. The lowest BCUT2D eigenvalue weighted by Gasteiger charge is -2.45. The number of allylic oxidation sites excluding steroid dienone is 6. The van der Waals surface area contributed by atoms with Crippen LogP contribution in [0.5, 0.6) is 0 Å². The van der Waals surface area contributed by atoms with Crippen molar-refractivity contribution in [2.75, 3.05) is 0 Å². The molecule has 252 valence electrons. The molecule has 45 heavy (non-hydrogen) atoms. The first-order valence-corrected chi connectivity index (χ1v) is 15.7. The van der Waals surface area contributed by atoms with E-state index in [0.717, 1.165) is 0 Å². The first-order valence-electron chi connectivity index (χ1n) is 15.7. The van der Waals surface area contributed by atoms with Gasteiger partial charge in [-0.25, -0.2) is 4.79 Å². The van der Waals surface area contributed by atoms with Crippen LogP contribution in [0.1, 0.15) is 52.9 Å². The minimum atomic E-state index is -1.82. The summed E-state index contributed by atoms with van der Waals surface area (Å²) >= 11 is 0. The topological polar surface area (TPSA) is 194 Å². The smallest absolute Gasteiger partial charge is 0.330 e. The number of epoxide rings is 1. The Kier molecular flexibility index (Phi) is 12.7. The quantitative estimate of drug-likeness (QED) is 0.187. The van der Waals surface area contributed by atoms with Crippen molar-refractivity contribution < 1.29 is 54.0 Å². The van der Waals surface area contributed by atoms with Crippen molar-refractivity contribution in [1.29, 1.82) is 0 Å². The van der Waals surface area contributed by atoms with Gasteiger partial charge >= 0.3 is 5.97 Å². The van der Waals surface area contributed by atoms with Crippen LogP contribution in [0, 0.1) is 5.92 Å². The van der Waals surface area contributed by atoms with Crippen LogP contribution in [-0.2, 0) is 28.5 Å². The molecule has 14 atom stereocenters. The maximum absolute atomic E-state index is 12.2. The molecule has 0 radical (unpaired) electrons. The van der Waals surface area contributed by atoms with Crippen LogP contribution in [0.15, 0.2) is 60.8 Å². The van der Waals surface area contributed by atoms with E-state index in [1.807, 2.05) is 30.4 Å². The second kappa shape index (κ2) is 16.1. The summed E-state index contributed by atoms with van der Waals surface area (Å²) in [7, 11) is 0. The van der Waals surface area contributed by atoms with Gasteiger partial charge < -0.3 is 55.0 Å². The van der Waals surface area contributed by atoms with E-state index in [9.17, 15) is 30.3 Å². The first-order chi connectivity index (χ1) is 21.3. The highest BCUT2D eigenvalue weighted by Crippen LogP contribution is 2.38. The van der Waals surface area contributed by atoms with Gasteiger partial charge in [0.25, 0.3) is 0 Å². The maximum Gasteiger partial charge on any atom is 0.330 e. The van der Waals surface area contributed by atoms with Crippen molar-refractivity contribution in [3.63, 3.8) is 0 Å². The van der Waals surface area contributed by atoms with E-state index in [1.54, 1.807) is 45.1 Å². The number of carbonyl (C=O) groups is 1. The highest BCUT2D eigenvalue weighted by Gasteiger charge is 2.48. The van der Waals surface area contributed by atoms with Gasteiger partial charge in [-0.3, -0.25) is 0 Å². The van der Waals surface area contributed by atoms with Gasteiger partial charge in [0.05, 0.1) is 48.8 Å². The molecular formula is C33H49NO11. The Balaban J connectivity index is 1.53. The number of nitrogens with two attached hydrogens (primary N) is 1. The third kappa shape index (κ3) is 10.4. The molecule has 3 saturated heterocycles. The highest BCUT2D eigenvalue weighted by molar-refractivity contribution is 5.82. The van der Waals surface area contributed by atoms with Gasteiger partial charge in [0, 0.05) is 44.1 Å². The fourth-order valence-corrected chi connectivity index (χ4v) is 5.84. The number of aliphatic hydroxyl groups excluding tert-OH is 4. The summed E-state index contributed by atoms with van der Waals surface area (Å²) in [6, 6.07) is -0.977. The molecule has 0 amide bonds. The highest BCUT2D eigenvalue weighted by atomic mass is 16.7. The number of cyclic esters (lactones) is 1. The fourth-order valence-electron chi connectivity index (χ4n) is 5.84. The van der Waals surface area contributed by atoms with E-state index in [4.69, 9.17) is 29.4 Å². The number of carbonyl (C=O) groups excluding carboxylic acids is 1. The maximum atomic E-state index is 12.2. The molecule has 2 bridgehead atoms. The Labute approximate surface area is 264 Å². The van der Waals surface area contributed by atoms with E-state index in [2.05, 4.69) is 0 Å². The zero-order valence-electron chi connectivity index (χ0n) is 26.1.